The summed E-state index contributed by atoms with van der Waals surface area (Å²) in [4.78, 5) is 0. The van der Waals surface area contributed by atoms with E-state index in [1.165, 1.54) is 51.4 Å². The van der Waals surface area contributed by atoms with Crippen LogP contribution < -0.4 is 0 Å². The summed E-state index contributed by atoms with van der Waals surface area (Å²) >= 11 is 0. The third-order valence-electron chi connectivity index (χ3n) is 4.97. The topological polar surface area (TPSA) is 49.7 Å². The number of unbranched alkanes of at least 4 members (excludes halogenated alkanes) is 9. The Morgan fingerprint density at radius 3 is 1.88 bits per heavy atom. The van der Waals surface area contributed by atoms with E-state index < -0.39 is 12.2 Å². The number of aliphatic hydroxyl groups is 2. The highest BCUT2D eigenvalue weighted by Gasteiger charge is 2.15. The molecule has 0 amide bonds. The van der Waals surface area contributed by atoms with Gasteiger partial charge in [-0.3, -0.25) is 0 Å². The smallest absolute Gasteiger partial charge is 0.0821 e. The summed E-state index contributed by atoms with van der Waals surface area (Å²) in [5.74, 6) is 0. The van der Waals surface area contributed by atoms with Crippen molar-refractivity contribution in [1.82, 2.24) is 0 Å². The lowest BCUT2D eigenvalue weighted by atomic mass is 10.0. The average molecular weight is 365 g/mol. The Hall–Kier alpha value is -0.900. The Kier molecular flexibility index (Phi) is 14.5. The van der Waals surface area contributed by atoms with Gasteiger partial charge in [0.05, 0.1) is 18.8 Å². The van der Waals surface area contributed by atoms with E-state index in [4.69, 9.17) is 4.74 Å². The minimum absolute atomic E-state index is 0.477. The molecule has 1 aromatic carbocycles. The first-order chi connectivity index (χ1) is 12.7. The van der Waals surface area contributed by atoms with Crippen LogP contribution in [0.2, 0.25) is 0 Å². The molecule has 3 nitrogen and oxygen atoms in total. The summed E-state index contributed by atoms with van der Waals surface area (Å²) in [7, 11) is 0. The number of hydrogen-bond donors (Lipinski definition) is 2. The predicted octanol–water partition coefficient (Wildman–Crippen LogP) is 5.63. The van der Waals surface area contributed by atoms with E-state index in [-0.39, 0.29) is 0 Å². The van der Waals surface area contributed by atoms with Crippen molar-refractivity contribution in [3.05, 3.63) is 35.9 Å². The van der Waals surface area contributed by atoms with Crippen LogP contribution >= 0.6 is 0 Å². The van der Waals surface area contributed by atoms with Gasteiger partial charge in [-0.2, -0.15) is 0 Å². The lowest BCUT2D eigenvalue weighted by molar-refractivity contribution is -0.0113. The predicted molar refractivity (Wildman–Crippen MR) is 109 cm³/mol. The Morgan fingerprint density at radius 1 is 0.731 bits per heavy atom. The Morgan fingerprint density at radius 2 is 1.27 bits per heavy atom. The molecule has 0 radical (unpaired) electrons. The maximum Gasteiger partial charge on any atom is 0.0821 e. The first kappa shape index (κ1) is 23.1. The van der Waals surface area contributed by atoms with Gasteiger partial charge in [0.25, 0.3) is 0 Å². The summed E-state index contributed by atoms with van der Waals surface area (Å²) in [6, 6.07) is 10.0. The van der Waals surface area contributed by atoms with E-state index in [1.54, 1.807) is 0 Å². The molecule has 0 aliphatic rings. The van der Waals surface area contributed by atoms with Gasteiger partial charge in [0.15, 0.2) is 0 Å². The van der Waals surface area contributed by atoms with Crippen LogP contribution in [0.15, 0.2) is 30.3 Å². The van der Waals surface area contributed by atoms with Crippen LogP contribution in [-0.2, 0) is 11.3 Å². The third-order valence-corrected chi connectivity index (χ3v) is 4.97. The van der Waals surface area contributed by atoms with Gasteiger partial charge < -0.3 is 14.9 Å². The molecule has 0 bridgehead atoms. The van der Waals surface area contributed by atoms with Crippen molar-refractivity contribution in [2.24, 2.45) is 0 Å². The van der Waals surface area contributed by atoms with Crippen LogP contribution in [0.4, 0.5) is 0 Å². The number of rotatable bonds is 17. The summed E-state index contributed by atoms with van der Waals surface area (Å²) in [5.41, 5.74) is 1.13. The highest BCUT2D eigenvalue weighted by molar-refractivity contribution is 5.13. The van der Waals surface area contributed by atoms with Crippen molar-refractivity contribution in [2.75, 3.05) is 6.61 Å². The Labute approximate surface area is 160 Å². The van der Waals surface area contributed by atoms with Gasteiger partial charge in [-0.05, 0) is 18.4 Å². The number of benzene rings is 1. The average Bonchev–Trinajstić information content (AvgIpc) is 2.67. The maximum atomic E-state index is 10.1. The molecule has 0 heterocycles. The normalized spacial score (nSPS) is 13.7. The SMILES string of the molecule is CCCCCCCCCCCC[C@@H](O)[C@H](O)CCOCc1ccccc1. The molecule has 0 saturated heterocycles. The molecule has 0 aliphatic heterocycles. The summed E-state index contributed by atoms with van der Waals surface area (Å²) in [6.07, 6.45) is 12.7. The van der Waals surface area contributed by atoms with E-state index in [1.807, 2.05) is 30.3 Å². The van der Waals surface area contributed by atoms with Crippen LogP contribution in [0.5, 0.6) is 0 Å². The Bertz CT molecular complexity index is 407. The van der Waals surface area contributed by atoms with E-state index in [9.17, 15) is 10.2 Å². The summed E-state index contributed by atoms with van der Waals surface area (Å²) in [5, 5.41) is 20.1. The monoisotopic (exact) mass is 364 g/mol. The minimum atomic E-state index is -0.677. The van der Waals surface area contributed by atoms with Gasteiger partial charge in [-0.25, -0.2) is 0 Å². The minimum Gasteiger partial charge on any atom is -0.390 e. The molecular weight excluding hydrogens is 324 g/mol. The lowest BCUT2D eigenvalue weighted by Crippen LogP contribution is -2.27. The van der Waals surface area contributed by atoms with Gasteiger partial charge >= 0.3 is 0 Å². The Balaban J connectivity index is 1.90. The molecule has 2 N–H and O–H groups in total. The van der Waals surface area contributed by atoms with Gasteiger partial charge in [0, 0.05) is 6.61 Å². The van der Waals surface area contributed by atoms with E-state index in [0.29, 0.717) is 26.1 Å². The third kappa shape index (κ3) is 12.5. The second kappa shape index (κ2) is 16.3. The largest absolute Gasteiger partial charge is 0.390 e. The van der Waals surface area contributed by atoms with Gasteiger partial charge in [-0.1, -0.05) is 101 Å². The van der Waals surface area contributed by atoms with Crippen molar-refractivity contribution in [2.45, 2.75) is 103 Å². The van der Waals surface area contributed by atoms with Gasteiger partial charge in [0.2, 0.25) is 0 Å². The fraction of sp³-hybridized carbons (Fsp3) is 0.739. The summed E-state index contributed by atoms with van der Waals surface area (Å²) in [6.45, 7) is 3.29. The van der Waals surface area contributed by atoms with Crippen molar-refractivity contribution in [1.29, 1.82) is 0 Å². The zero-order valence-corrected chi connectivity index (χ0v) is 16.7. The second-order valence-electron chi connectivity index (χ2n) is 7.43. The van der Waals surface area contributed by atoms with Gasteiger partial charge in [0.1, 0.15) is 0 Å². The van der Waals surface area contributed by atoms with Crippen molar-refractivity contribution in [3.63, 3.8) is 0 Å². The number of hydrogen-bond acceptors (Lipinski definition) is 3. The molecule has 0 aromatic heterocycles. The molecule has 2 atom stereocenters. The van der Waals surface area contributed by atoms with E-state index in [2.05, 4.69) is 6.92 Å². The molecule has 150 valence electrons. The molecule has 0 spiro atoms. The molecule has 1 rings (SSSR count). The molecular formula is C23H40O3. The standard InChI is InChI=1S/C23H40O3/c1-2-3-4-5-6-7-8-9-10-14-17-22(24)23(25)18-19-26-20-21-15-12-11-13-16-21/h11-13,15-16,22-25H,2-10,14,17-20H2,1H3/t22-,23-/m1/s1. The number of ether oxygens (including phenoxy) is 1. The van der Waals surface area contributed by atoms with Crippen LogP contribution in [0, 0.1) is 0 Å². The zero-order chi connectivity index (χ0) is 18.9. The van der Waals surface area contributed by atoms with Crippen molar-refractivity contribution >= 4 is 0 Å². The molecule has 0 saturated carbocycles. The molecule has 1 aromatic rings. The van der Waals surface area contributed by atoms with Crippen molar-refractivity contribution in [3.8, 4) is 0 Å². The lowest BCUT2D eigenvalue weighted by Gasteiger charge is -2.17. The van der Waals surface area contributed by atoms with Crippen LogP contribution in [0.1, 0.15) is 89.5 Å². The molecule has 3 heteroatoms. The fourth-order valence-electron chi connectivity index (χ4n) is 3.19. The summed E-state index contributed by atoms with van der Waals surface area (Å²) < 4.78 is 5.57. The van der Waals surface area contributed by atoms with Crippen LogP contribution in [0.3, 0.4) is 0 Å². The maximum absolute atomic E-state index is 10.1. The first-order valence-electron chi connectivity index (χ1n) is 10.7. The van der Waals surface area contributed by atoms with Crippen LogP contribution in [-0.4, -0.2) is 29.0 Å². The second-order valence-corrected chi connectivity index (χ2v) is 7.43. The first-order valence-corrected chi connectivity index (χ1v) is 10.7. The quantitative estimate of drug-likeness (QED) is 0.352. The van der Waals surface area contributed by atoms with Crippen molar-refractivity contribution < 1.29 is 14.9 Å². The van der Waals surface area contributed by atoms with Crippen LogP contribution in [0.25, 0.3) is 0 Å². The zero-order valence-electron chi connectivity index (χ0n) is 16.7. The molecule has 0 aliphatic carbocycles. The van der Waals surface area contributed by atoms with E-state index in [0.717, 1.165) is 18.4 Å². The molecule has 26 heavy (non-hydrogen) atoms. The van der Waals surface area contributed by atoms with E-state index >= 15 is 0 Å². The number of aliphatic hydroxyl groups excluding tert-OH is 2. The van der Waals surface area contributed by atoms with Gasteiger partial charge in [-0.15, -0.1) is 0 Å². The highest BCUT2D eigenvalue weighted by Crippen LogP contribution is 2.14. The molecule has 0 unspecified atom stereocenters. The highest BCUT2D eigenvalue weighted by atomic mass is 16.5. The molecule has 0 fully saturated rings. The fourth-order valence-corrected chi connectivity index (χ4v) is 3.19.